The van der Waals surface area contributed by atoms with Crippen molar-refractivity contribution in [3.63, 3.8) is 0 Å². The molecule has 2 aromatic rings. The van der Waals surface area contributed by atoms with Crippen molar-refractivity contribution in [2.75, 3.05) is 6.54 Å². The highest BCUT2D eigenvalue weighted by atomic mass is 19.1. The fraction of sp³-hybridized carbons (Fsp3) is 0.389. The minimum atomic E-state index is -0.250. The topological polar surface area (TPSA) is 68.5 Å². The van der Waals surface area contributed by atoms with Crippen molar-refractivity contribution in [2.24, 2.45) is 12.2 Å². The summed E-state index contributed by atoms with van der Waals surface area (Å²) in [6, 6.07) is 6.36. The number of nitrogens with one attached hydrogen (secondary N) is 1. The molecule has 1 atom stereocenters. The number of halogens is 1. The van der Waals surface area contributed by atoms with E-state index in [-0.39, 0.29) is 17.8 Å². The third kappa shape index (κ3) is 5.14. The Hall–Kier alpha value is -2.70. The van der Waals surface area contributed by atoms with Gasteiger partial charge in [-0.05, 0) is 29.7 Å². The van der Waals surface area contributed by atoms with Crippen LogP contribution in [0.5, 0.6) is 0 Å². The van der Waals surface area contributed by atoms with Crippen LogP contribution in [0.2, 0.25) is 0 Å². The molecule has 1 amide bonds. The lowest BCUT2D eigenvalue weighted by molar-refractivity contribution is -0.121. The Bertz CT molecular complexity index is 755. The number of hydrogen-bond acceptors (Lipinski definition) is 4. The molecule has 1 aliphatic heterocycles. The number of rotatable bonds is 7. The van der Waals surface area contributed by atoms with E-state index in [9.17, 15) is 9.18 Å². The molecule has 25 heavy (non-hydrogen) atoms. The number of hydrogen-bond donors (Lipinski definition) is 1. The van der Waals surface area contributed by atoms with E-state index in [4.69, 9.17) is 4.84 Å². The van der Waals surface area contributed by atoms with Crippen molar-refractivity contribution in [1.82, 2.24) is 15.1 Å². The molecular formula is C18H21FN4O2. The minimum Gasteiger partial charge on any atom is -0.390 e. The zero-order valence-electron chi connectivity index (χ0n) is 14.1. The summed E-state index contributed by atoms with van der Waals surface area (Å²) in [5.41, 5.74) is 2.94. The predicted molar refractivity (Wildman–Crippen MR) is 91.6 cm³/mol. The Labute approximate surface area is 145 Å². The highest BCUT2D eigenvalue weighted by Crippen LogP contribution is 2.14. The van der Waals surface area contributed by atoms with Crippen molar-refractivity contribution in [3.05, 3.63) is 53.6 Å². The smallest absolute Gasteiger partial charge is 0.220 e. The van der Waals surface area contributed by atoms with Crippen molar-refractivity contribution < 1.29 is 14.0 Å². The van der Waals surface area contributed by atoms with Crippen LogP contribution in [0.1, 0.15) is 24.0 Å². The summed E-state index contributed by atoms with van der Waals surface area (Å²) in [6.07, 6.45) is 5.91. The van der Waals surface area contributed by atoms with Crippen LogP contribution in [0.25, 0.3) is 0 Å². The lowest BCUT2D eigenvalue weighted by atomic mass is 10.0. The van der Waals surface area contributed by atoms with Crippen LogP contribution in [0, 0.1) is 5.82 Å². The molecule has 0 saturated carbocycles. The lowest BCUT2D eigenvalue weighted by Crippen LogP contribution is -2.32. The van der Waals surface area contributed by atoms with Gasteiger partial charge >= 0.3 is 0 Å². The molecule has 0 bridgehead atoms. The molecule has 6 nitrogen and oxygen atoms in total. The normalized spacial score (nSPS) is 16.4. The standard InChI is InChI=1S/C18H21FN4O2/c1-23-12-14(10-21-23)4-7-18(24)20-11-17-9-16(22-25-17)8-13-2-5-15(19)6-3-13/h2-3,5-6,10,12,17H,4,7-9,11H2,1H3,(H,20,24). The maximum Gasteiger partial charge on any atom is 0.220 e. The molecule has 0 fully saturated rings. The van der Waals surface area contributed by atoms with Gasteiger partial charge in [-0.3, -0.25) is 9.48 Å². The average molecular weight is 344 g/mol. The summed E-state index contributed by atoms with van der Waals surface area (Å²) in [5, 5.41) is 11.0. The Morgan fingerprint density at radius 2 is 2.16 bits per heavy atom. The molecule has 7 heteroatoms. The molecule has 1 aliphatic rings. The van der Waals surface area contributed by atoms with Gasteiger partial charge in [-0.1, -0.05) is 17.3 Å². The van der Waals surface area contributed by atoms with Gasteiger partial charge in [0.15, 0.2) is 0 Å². The second-order valence-corrected chi connectivity index (χ2v) is 6.22. The van der Waals surface area contributed by atoms with Gasteiger partial charge in [0.25, 0.3) is 0 Å². The third-order valence-corrected chi connectivity index (χ3v) is 4.04. The fourth-order valence-corrected chi connectivity index (χ4v) is 2.71. The van der Waals surface area contributed by atoms with Gasteiger partial charge < -0.3 is 10.2 Å². The van der Waals surface area contributed by atoms with Gasteiger partial charge in [0, 0.05) is 32.5 Å². The van der Waals surface area contributed by atoms with Crippen LogP contribution in [0.3, 0.4) is 0 Å². The van der Waals surface area contributed by atoms with Gasteiger partial charge in [-0.15, -0.1) is 0 Å². The molecule has 0 spiro atoms. The first kappa shape index (κ1) is 17.1. The summed E-state index contributed by atoms with van der Waals surface area (Å²) < 4.78 is 14.6. The Morgan fingerprint density at radius 3 is 2.88 bits per heavy atom. The highest BCUT2D eigenvalue weighted by molar-refractivity contribution is 5.87. The summed E-state index contributed by atoms with van der Waals surface area (Å²) >= 11 is 0. The van der Waals surface area contributed by atoms with E-state index >= 15 is 0 Å². The molecule has 1 N–H and O–H groups in total. The summed E-state index contributed by atoms with van der Waals surface area (Å²) in [6.45, 7) is 0.433. The van der Waals surface area contributed by atoms with E-state index in [1.807, 2.05) is 13.2 Å². The number of carbonyl (C=O) groups excluding carboxylic acids is 1. The number of carbonyl (C=O) groups is 1. The van der Waals surface area contributed by atoms with E-state index in [1.165, 1.54) is 12.1 Å². The molecule has 1 unspecified atom stereocenters. The average Bonchev–Trinajstić information content (AvgIpc) is 3.22. The van der Waals surface area contributed by atoms with Gasteiger partial charge in [0.05, 0.1) is 18.5 Å². The second kappa shape index (κ2) is 7.92. The zero-order valence-corrected chi connectivity index (χ0v) is 14.1. The van der Waals surface area contributed by atoms with E-state index in [0.29, 0.717) is 32.2 Å². The summed E-state index contributed by atoms with van der Waals surface area (Å²) in [4.78, 5) is 17.3. The number of nitrogens with zero attached hydrogens (tertiary/aromatic N) is 3. The SMILES string of the molecule is Cn1cc(CCC(=O)NCC2CC(Cc3ccc(F)cc3)=NO2)cn1. The molecule has 132 valence electrons. The quantitative estimate of drug-likeness (QED) is 0.835. The van der Waals surface area contributed by atoms with Crippen LogP contribution in [-0.2, 0) is 29.5 Å². The number of amides is 1. The van der Waals surface area contributed by atoms with Gasteiger partial charge in [-0.25, -0.2) is 4.39 Å². The molecule has 0 radical (unpaired) electrons. The maximum atomic E-state index is 12.9. The zero-order chi connectivity index (χ0) is 17.6. The first-order chi connectivity index (χ1) is 12.1. The largest absolute Gasteiger partial charge is 0.390 e. The van der Waals surface area contributed by atoms with Crippen molar-refractivity contribution >= 4 is 11.6 Å². The van der Waals surface area contributed by atoms with Gasteiger partial charge in [0.2, 0.25) is 5.91 Å². The second-order valence-electron chi connectivity index (χ2n) is 6.22. The number of oxime groups is 1. The first-order valence-electron chi connectivity index (χ1n) is 8.29. The van der Waals surface area contributed by atoms with Crippen LogP contribution in [-0.4, -0.2) is 34.0 Å². The fourth-order valence-electron chi connectivity index (χ4n) is 2.71. The van der Waals surface area contributed by atoms with E-state index in [2.05, 4.69) is 15.6 Å². The molecule has 2 heterocycles. The van der Waals surface area contributed by atoms with Crippen molar-refractivity contribution in [2.45, 2.75) is 31.8 Å². The number of aryl methyl sites for hydroxylation is 2. The predicted octanol–water partition coefficient (Wildman–Crippen LogP) is 2.00. The Balaban J connectivity index is 1.36. The Morgan fingerprint density at radius 1 is 1.36 bits per heavy atom. The highest BCUT2D eigenvalue weighted by Gasteiger charge is 2.21. The van der Waals surface area contributed by atoms with E-state index in [0.717, 1.165) is 16.8 Å². The van der Waals surface area contributed by atoms with Crippen LogP contribution in [0.4, 0.5) is 4.39 Å². The first-order valence-corrected chi connectivity index (χ1v) is 8.29. The molecule has 1 aromatic heterocycles. The monoisotopic (exact) mass is 344 g/mol. The van der Waals surface area contributed by atoms with Gasteiger partial charge in [-0.2, -0.15) is 5.10 Å². The minimum absolute atomic E-state index is 0.0144. The summed E-state index contributed by atoms with van der Waals surface area (Å²) in [7, 11) is 1.85. The maximum absolute atomic E-state index is 12.9. The molecule has 0 aliphatic carbocycles. The third-order valence-electron chi connectivity index (χ3n) is 4.04. The number of benzene rings is 1. The molecular weight excluding hydrogens is 323 g/mol. The van der Waals surface area contributed by atoms with Gasteiger partial charge in [0.1, 0.15) is 11.9 Å². The van der Waals surface area contributed by atoms with E-state index in [1.54, 1.807) is 23.0 Å². The van der Waals surface area contributed by atoms with Crippen molar-refractivity contribution in [3.8, 4) is 0 Å². The summed E-state index contributed by atoms with van der Waals surface area (Å²) in [5.74, 6) is -0.264. The van der Waals surface area contributed by atoms with E-state index < -0.39 is 0 Å². The van der Waals surface area contributed by atoms with Crippen LogP contribution >= 0.6 is 0 Å². The lowest BCUT2D eigenvalue weighted by Gasteiger charge is -2.09. The molecule has 1 aromatic carbocycles. The molecule has 0 saturated heterocycles. The van der Waals surface area contributed by atoms with Crippen molar-refractivity contribution in [1.29, 1.82) is 0 Å². The number of aromatic nitrogens is 2. The Kier molecular flexibility index (Phi) is 5.42. The molecule has 3 rings (SSSR count). The van der Waals surface area contributed by atoms with Crippen LogP contribution < -0.4 is 5.32 Å². The van der Waals surface area contributed by atoms with Crippen LogP contribution in [0.15, 0.2) is 41.8 Å².